The smallest absolute Gasteiger partial charge is 0.233 e. The van der Waals surface area contributed by atoms with Crippen molar-refractivity contribution in [3.05, 3.63) is 47.5 Å². The van der Waals surface area contributed by atoms with Gasteiger partial charge in [0.1, 0.15) is 5.78 Å². The van der Waals surface area contributed by atoms with Crippen LogP contribution in [0.25, 0.3) is 0 Å². The standard InChI is InChI=1S/C19H23NO2/c1-18(2)15-10-12-20(3)17(22)19(15,11-9-16(18)21)13-14-7-5-4-6-8-14/h4-8,10H,9,11-13H2,1-3H3. The summed E-state index contributed by atoms with van der Waals surface area (Å²) in [4.78, 5) is 27.2. The summed E-state index contributed by atoms with van der Waals surface area (Å²) >= 11 is 0. The summed E-state index contributed by atoms with van der Waals surface area (Å²) < 4.78 is 0. The van der Waals surface area contributed by atoms with Crippen molar-refractivity contribution in [1.29, 1.82) is 0 Å². The Morgan fingerprint density at radius 2 is 1.82 bits per heavy atom. The minimum Gasteiger partial charge on any atom is -0.341 e. The van der Waals surface area contributed by atoms with E-state index in [1.54, 1.807) is 4.90 Å². The Bertz CT molecular complexity index is 645. The number of benzene rings is 1. The van der Waals surface area contributed by atoms with Gasteiger partial charge in [0.2, 0.25) is 5.91 Å². The number of likely N-dealkylation sites (N-methyl/N-ethyl adjacent to an activating group) is 1. The second-order valence-electron chi connectivity index (χ2n) is 7.10. The quantitative estimate of drug-likeness (QED) is 0.787. The third-order valence-corrected chi connectivity index (χ3v) is 5.34. The van der Waals surface area contributed by atoms with Crippen LogP contribution >= 0.6 is 0 Å². The summed E-state index contributed by atoms with van der Waals surface area (Å²) in [6.45, 7) is 4.54. The van der Waals surface area contributed by atoms with Gasteiger partial charge in [0, 0.05) is 25.4 Å². The van der Waals surface area contributed by atoms with Gasteiger partial charge in [-0.25, -0.2) is 0 Å². The van der Waals surface area contributed by atoms with Gasteiger partial charge in [0.05, 0.1) is 5.41 Å². The van der Waals surface area contributed by atoms with Crippen molar-refractivity contribution in [2.75, 3.05) is 13.6 Å². The van der Waals surface area contributed by atoms with Crippen molar-refractivity contribution in [3.63, 3.8) is 0 Å². The van der Waals surface area contributed by atoms with Gasteiger partial charge in [0.25, 0.3) is 0 Å². The Kier molecular flexibility index (Phi) is 3.47. The SMILES string of the molecule is CN1CC=C2C(C)(C)C(=O)CCC2(Cc2ccccc2)C1=O. The highest BCUT2D eigenvalue weighted by Gasteiger charge is 2.55. The molecule has 116 valence electrons. The third-order valence-electron chi connectivity index (χ3n) is 5.34. The van der Waals surface area contributed by atoms with Crippen molar-refractivity contribution in [3.8, 4) is 0 Å². The number of carbonyl (C=O) groups is 2. The van der Waals surface area contributed by atoms with Gasteiger partial charge < -0.3 is 4.90 Å². The van der Waals surface area contributed by atoms with E-state index in [0.717, 1.165) is 11.1 Å². The van der Waals surface area contributed by atoms with Gasteiger partial charge in [0.15, 0.2) is 0 Å². The van der Waals surface area contributed by atoms with Crippen LogP contribution in [0.1, 0.15) is 32.3 Å². The Labute approximate surface area is 132 Å². The van der Waals surface area contributed by atoms with E-state index in [2.05, 4.69) is 18.2 Å². The van der Waals surface area contributed by atoms with E-state index < -0.39 is 10.8 Å². The maximum atomic E-state index is 13.1. The normalized spacial score (nSPS) is 27.4. The molecular weight excluding hydrogens is 274 g/mol. The molecule has 0 saturated heterocycles. The van der Waals surface area contributed by atoms with Crippen molar-refractivity contribution in [2.24, 2.45) is 10.8 Å². The number of amides is 1. The summed E-state index contributed by atoms with van der Waals surface area (Å²) in [7, 11) is 1.85. The van der Waals surface area contributed by atoms with Crippen LogP contribution in [0.15, 0.2) is 42.0 Å². The first-order valence-electron chi connectivity index (χ1n) is 7.92. The Hall–Kier alpha value is -1.90. The van der Waals surface area contributed by atoms with Crippen LogP contribution in [0.5, 0.6) is 0 Å². The summed E-state index contributed by atoms with van der Waals surface area (Å²) in [5, 5.41) is 0. The molecule has 1 aliphatic carbocycles. The van der Waals surface area contributed by atoms with Crippen LogP contribution in [0.3, 0.4) is 0 Å². The van der Waals surface area contributed by atoms with E-state index in [4.69, 9.17) is 0 Å². The fourth-order valence-electron chi connectivity index (χ4n) is 4.08. The molecule has 3 nitrogen and oxygen atoms in total. The fourth-order valence-corrected chi connectivity index (χ4v) is 4.08. The van der Waals surface area contributed by atoms with Gasteiger partial charge in [-0.15, -0.1) is 0 Å². The van der Waals surface area contributed by atoms with E-state index in [-0.39, 0.29) is 11.7 Å². The minimum absolute atomic E-state index is 0.162. The molecule has 1 heterocycles. The first kappa shape index (κ1) is 15.0. The van der Waals surface area contributed by atoms with Crippen LogP contribution in [0, 0.1) is 10.8 Å². The molecule has 1 unspecified atom stereocenters. The first-order valence-corrected chi connectivity index (χ1v) is 7.92. The monoisotopic (exact) mass is 297 g/mol. The summed E-state index contributed by atoms with van der Waals surface area (Å²) in [6, 6.07) is 10.1. The summed E-state index contributed by atoms with van der Waals surface area (Å²) in [6.07, 6.45) is 3.90. The van der Waals surface area contributed by atoms with Gasteiger partial charge in [-0.1, -0.05) is 36.4 Å². The zero-order chi connectivity index (χ0) is 16.0. The summed E-state index contributed by atoms with van der Waals surface area (Å²) in [5.74, 6) is 0.411. The van der Waals surface area contributed by atoms with Gasteiger partial charge >= 0.3 is 0 Å². The second kappa shape index (κ2) is 5.08. The van der Waals surface area contributed by atoms with E-state index in [1.807, 2.05) is 39.1 Å². The van der Waals surface area contributed by atoms with Crippen LogP contribution in [-0.2, 0) is 16.0 Å². The third kappa shape index (κ3) is 2.11. The number of nitrogens with zero attached hydrogens (tertiary/aromatic N) is 1. The molecule has 3 heteroatoms. The van der Waals surface area contributed by atoms with Crippen molar-refractivity contribution < 1.29 is 9.59 Å². The molecule has 1 atom stereocenters. The first-order chi connectivity index (χ1) is 10.4. The largest absolute Gasteiger partial charge is 0.341 e. The molecular formula is C19H23NO2. The number of Topliss-reactive ketones (excluding diaryl/α,β-unsaturated/α-hetero) is 1. The molecule has 3 rings (SSSR count). The lowest BCUT2D eigenvalue weighted by molar-refractivity contribution is -0.144. The molecule has 0 N–H and O–H groups in total. The Balaban J connectivity index is 2.10. The predicted octanol–water partition coefficient (Wildman–Crippen LogP) is 3.00. The van der Waals surface area contributed by atoms with E-state index in [1.165, 1.54) is 0 Å². The van der Waals surface area contributed by atoms with E-state index >= 15 is 0 Å². The van der Waals surface area contributed by atoms with Gasteiger partial charge in [-0.05, 0) is 37.8 Å². The highest BCUT2D eigenvalue weighted by atomic mass is 16.2. The minimum atomic E-state index is -0.550. The molecule has 1 aliphatic heterocycles. The highest BCUT2D eigenvalue weighted by molar-refractivity contribution is 5.96. The summed E-state index contributed by atoms with van der Waals surface area (Å²) in [5.41, 5.74) is 1.10. The number of hydrogen-bond donors (Lipinski definition) is 0. The number of fused-ring (bicyclic) bond motifs is 1. The molecule has 2 aliphatic rings. The molecule has 1 saturated carbocycles. The van der Waals surface area contributed by atoms with Gasteiger partial charge in [-0.2, -0.15) is 0 Å². The number of rotatable bonds is 2. The highest BCUT2D eigenvalue weighted by Crippen LogP contribution is 2.53. The Morgan fingerprint density at radius 3 is 2.50 bits per heavy atom. The zero-order valence-electron chi connectivity index (χ0n) is 13.6. The van der Waals surface area contributed by atoms with E-state index in [9.17, 15) is 9.59 Å². The van der Waals surface area contributed by atoms with Crippen molar-refractivity contribution in [1.82, 2.24) is 4.90 Å². The van der Waals surface area contributed by atoms with Crippen LogP contribution in [-0.4, -0.2) is 30.2 Å². The Morgan fingerprint density at radius 1 is 1.14 bits per heavy atom. The maximum Gasteiger partial charge on any atom is 0.233 e. The molecule has 0 spiro atoms. The average molecular weight is 297 g/mol. The van der Waals surface area contributed by atoms with E-state index in [0.29, 0.717) is 25.8 Å². The number of carbonyl (C=O) groups excluding carboxylic acids is 2. The lowest BCUT2D eigenvalue weighted by Crippen LogP contribution is -2.55. The van der Waals surface area contributed by atoms with Crippen molar-refractivity contribution >= 4 is 11.7 Å². The molecule has 1 fully saturated rings. The molecule has 0 radical (unpaired) electrons. The van der Waals surface area contributed by atoms with Crippen LogP contribution in [0.4, 0.5) is 0 Å². The average Bonchev–Trinajstić information content (AvgIpc) is 2.49. The second-order valence-corrected chi connectivity index (χ2v) is 7.10. The van der Waals surface area contributed by atoms with Gasteiger partial charge in [-0.3, -0.25) is 9.59 Å². The predicted molar refractivity (Wildman–Crippen MR) is 86.3 cm³/mol. The molecule has 1 amide bonds. The molecule has 0 bridgehead atoms. The zero-order valence-corrected chi connectivity index (χ0v) is 13.6. The topological polar surface area (TPSA) is 37.4 Å². The number of hydrogen-bond acceptors (Lipinski definition) is 2. The fraction of sp³-hybridized carbons (Fsp3) is 0.474. The lowest BCUT2D eigenvalue weighted by atomic mass is 9.55. The van der Waals surface area contributed by atoms with Crippen molar-refractivity contribution in [2.45, 2.75) is 33.1 Å². The van der Waals surface area contributed by atoms with Crippen LogP contribution < -0.4 is 0 Å². The van der Waals surface area contributed by atoms with Crippen LogP contribution in [0.2, 0.25) is 0 Å². The maximum absolute atomic E-state index is 13.1. The molecule has 0 aromatic heterocycles. The number of ketones is 1. The lowest BCUT2D eigenvalue weighted by Gasteiger charge is -2.49. The molecule has 1 aromatic rings. The molecule has 1 aromatic carbocycles. The molecule has 22 heavy (non-hydrogen) atoms.